The van der Waals surface area contributed by atoms with Crippen LogP contribution in [0.25, 0.3) is 0 Å². The van der Waals surface area contributed by atoms with Gasteiger partial charge in [-0.25, -0.2) is 4.79 Å². The fraction of sp³-hybridized carbons (Fsp3) is 0.308. The van der Waals surface area contributed by atoms with Crippen molar-refractivity contribution in [1.82, 2.24) is 10.2 Å². The Labute approximate surface area is 120 Å². The van der Waals surface area contributed by atoms with E-state index < -0.39 is 5.97 Å². The summed E-state index contributed by atoms with van der Waals surface area (Å²) in [5.74, 6) is -1.54. The molecule has 0 spiro atoms. The quantitative estimate of drug-likeness (QED) is 0.600. The number of hydrogen-bond donors (Lipinski definition) is 2. The number of rotatable bonds is 4. The van der Waals surface area contributed by atoms with Crippen molar-refractivity contribution in [2.24, 2.45) is 0 Å². The zero-order chi connectivity index (χ0) is 14.9. The first-order valence-electron chi connectivity index (χ1n) is 6.02. The van der Waals surface area contributed by atoms with Crippen molar-refractivity contribution in [3.63, 3.8) is 0 Å². The van der Waals surface area contributed by atoms with Gasteiger partial charge in [-0.05, 0) is 12.3 Å². The topological polar surface area (TPSA) is 86.7 Å². The van der Waals surface area contributed by atoms with E-state index in [1.165, 1.54) is 29.8 Å². The molecule has 0 saturated carbocycles. The molecule has 0 aromatic carbocycles. The van der Waals surface area contributed by atoms with Gasteiger partial charge < -0.3 is 10.4 Å². The zero-order valence-corrected chi connectivity index (χ0v) is 11.9. The van der Waals surface area contributed by atoms with E-state index in [1.807, 2.05) is 0 Å². The van der Waals surface area contributed by atoms with Crippen LogP contribution in [0.15, 0.2) is 33.9 Å². The summed E-state index contributed by atoms with van der Waals surface area (Å²) in [5, 5.41) is 13.3. The van der Waals surface area contributed by atoms with Crippen LogP contribution in [0.3, 0.4) is 0 Å². The molecule has 1 atom stereocenters. The summed E-state index contributed by atoms with van der Waals surface area (Å²) in [6.07, 6.45) is 3.68. The zero-order valence-electron chi connectivity index (χ0n) is 11.0. The fourth-order valence-electron chi connectivity index (χ4n) is 2.27. The lowest BCUT2D eigenvalue weighted by molar-refractivity contribution is -0.142. The number of carboxylic acid groups (broad SMARTS) is 1. The Morgan fingerprint density at radius 3 is 2.75 bits per heavy atom. The van der Waals surface area contributed by atoms with Crippen molar-refractivity contribution in [3.05, 3.63) is 33.9 Å². The number of allylic oxidation sites excluding steroid dienone is 1. The van der Waals surface area contributed by atoms with Gasteiger partial charge in [-0.3, -0.25) is 14.5 Å². The van der Waals surface area contributed by atoms with Crippen LogP contribution in [0.4, 0.5) is 0 Å². The molecule has 6 nitrogen and oxygen atoms in total. The highest BCUT2D eigenvalue weighted by Gasteiger charge is 2.51. The summed E-state index contributed by atoms with van der Waals surface area (Å²) in [7, 11) is 0. The van der Waals surface area contributed by atoms with Crippen molar-refractivity contribution in [2.45, 2.75) is 26.3 Å². The Hall–Kier alpha value is -2.02. The monoisotopic (exact) mass is 294 g/mol. The third kappa shape index (κ3) is 2.36. The lowest BCUT2D eigenvalue weighted by atomic mass is 9.94. The summed E-state index contributed by atoms with van der Waals surface area (Å²) in [6.45, 7) is 3.16. The molecule has 0 radical (unpaired) electrons. The highest BCUT2D eigenvalue weighted by Crippen LogP contribution is 2.45. The van der Waals surface area contributed by atoms with Crippen LogP contribution in [0.5, 0.6) is 0 Å². The van der Waals surface area contributed by atoms with Gasteiger partial charge in [-0.1, -0.05) is 17.8 Å². The molecule has 1 fully saturated rings. The molecule has 0 aliphatic carbocycles. The van der Waals surface area contributed by atoms with Crippen molar-refractivity contribution >= 4 is 29.5 Å². The minimum absolute atomic E-state index is 0.0445. The Balaban J connectivity index is 2.15. The van der Waals surface area contributed by atoms with Crippen LogP contribution >= 0.6 is 11.8 Å². The SMILES string of the molecule is C/C=C1\C(=O)N2C(C(=O)O)=C(S/C=C/NC(C)=O)C[C@H]12. The number of hydrogen-bond acceptors (Lipinski definition) is 4. The number of carboxylic acids is 1. The van der Waals surface area contributed by atoms with Gasteiger partial charge in [0.25, 0.3) is 5.91 Å². The number of carbonyl (C=O) groups is 3. The maximum absolute atomic E-state index is 11.8. The molecule has 106 valence electrons. The lowest BCUT2D eigenvalue weighted by Crippen LogP contribution is -2.52. The van der Waals surface area contributed by atoms with E-state index in [-0.39, 0.29) is 23.6 Å². The number of thioether (sulfide) groups is 1. The molecule has 2 heterocycles. The largest absolute Gasteiger partial charge is 0.477 e. The predicted molar refractivity (Wildman–Crippen MR) is 74.2 cm³/mol. The standard InChI is InChI=1S/C13H14N2O4S/c1-3-8-9-6-10(20-5-4-14-7(2)16)11(13(18)19)15(9)12(8)17/h3-5,9H,6H2,1-2H3,(H,14,16)(H,18,19)/b5-4+,8-3-/t9-/m1/s1. The molecule has 2 aliphatic rings. The van der Waals surface area contributed by atoms with E-state index in [2.05, 4.69) is 5.32 Å². The van der Waals surface area contributed by atoms with Crippen LogP contribution in [0.2, 0.25) is 0 Å². The molecule has 2 aliphatic heterocycles. The van der Waals surface area contributed by atoms with Crippen molar-refractivity contribution in [2.75, 3.05) is 0 Å². The van der Waals surface area contributed by atoms with Gasteiger partial charge >= 0.3 is 5.97 Å². The normalized spacial score (nSPS) is 23.3. The number of fused-ring (bicyclic) bond motifs is 1. The average molecular weight is 294 g/mol. The molecule has 0 bridgehead atoms. The summed E-state index contributed by atoms with van der Waals surface area (Å²) in [4.78, 5) is 35.8. The molecule has 7 heteroatoms. The number of nitrogens with zero attached hydrogens (tertiary/aromatic N) is 1. The average Bonchev–Trinajstić information content (AvgIpc) is 2.70. The highest BCUT2D eigenvalue weighted by atomic mass is 32.2. The van der Waals surface area contributed by atoms with E-state index in [9.17, 15) is 19.5 Å². The molecule has 2 amide bonds. The number of carbonyl (C=O) groups excluding carboxylic acids is 2. The van der Waals surface area contributed by atoms with Gasteiger partial charge in [0.15, 0.2) is 0 Å². The first kappa shape index (κ1) is 14.4. The van der Waals surface area contributed by atoms with E-state index in [4.69, 9.17) is 0 Å². The summed E-state index contributed by atoms with van der Waals surface area (Å²) in [5.41, 5.74) is 0.702. The molecule has 1 saturated heterocycles. The summed E-state index contributed by atoms with van der Waals surface area (Å²) < 4.78 is 0. The van der Waals surface area contributed by atoms with Crippen LogP contribution in [-0.4, -0.2) is 33.8 Å². The van der Waals surface area contributed by atoms with Crippen LogP contribution in [-0.2, 0) is 14.4 Å². The van der Waals surface area contributed by atoms with Gasteiger partial charge in [0.1, 0.15) is 5.70 Å². The molecule has 0 aromatic heterocycles. The number of aliphatic carboxylic acids is 1. The second kappa shape index (κ2) is 5.54. The summed E-state index contributed by atoms with van der Waals surface area (Å²) >= 11 is 1.21. The van der Waals surface area contributed by atoms with Crippen molar-refractivity contribution in [3.8, 4) is 0 Å². The lowest BCUT2D eigenvalue weighted by Gasteiger charge is -2.37. The Morgan fingerprint density at radius 1 is 1.50 bits per heavy atom. The van der Waals surface area contributed by atoms with Crippen molar-refractivity contribution < 1.29 is 19.5 Å². The van der Waals surface area contributed by atoms with E-state index >= 15 is 0 Å². The molecule has 2 N–H and O–H groups in total. The van der Waals surface area contributed by atoms with Gasteiger partial charge in [0.2, 0.25) is 5.91 Å². The molecule has 2 rings (SSSR count). The first-order valence-corrected chi connectivity index (χ1v) is 6.90. The minimum atomic E-state index is -1.11. The molecule has 0 unspecified atom stereocenters. The molecule has 20 heavy (non-hydrogen) atoms. The molecular formula is C13H14N2O4S. The molecular weight excluding hydrogens is 280 g/mol. The Morgan fingerprint density at radius 2 is 2.20 bits per heavy atom. The Bertz CT molecular complexity index is 577. The minimum Gasteiger partial charge on any atom is -0.477 e. The highest BCUT2D eigenvalue weighted by molar-refractivity contribution is 8.05. The fourth-order valence-corrected chi connectivity index (χ4v) is 3.12. The third-order valence-electron chi connectivity index (χ3n) is 3.10. The number of amides is 2. The van der Waals surface area contributed by atoms with E-state index in [1.54, 1.807) is 18.4 Å². The number of β-lactam (4-membered cyclic amide) rings is 1. The van der Waals surface area contributed by atoms with Crippen LogP contribution < -0.4 is 5.32 Å². The first-order chi connectivity index (χ1) is 9.47. The second-order valence-electron chi connectivity index (χ2n) is 4.34. The van der Waals surface area contributed by atoms with Gasteiger partial charge in [0.05, 0.1) is 6.04 Å². The second-order valence-corrected chi connectivity index (χ2v) is 5.34. The predicted octanol–water partition coefficient (Wildman–Crippen LogP) is 1.18. The van der Waals surface area contributed by atoms with E-state index in [0.717, 1.165) is 0 Å². The maximum atomic E-state index is 11.8. The van der Waals surface area contributed by atoms with Gasteiger partial charge in [-0.2, -0.15) is 0 Å². The van der Waals surface area contributed by atoms with Gasteiger partial charge in [-0.15, -0.1) is 0 Å². The molecule has 0 aromatic rings. The summed E-state index contributed by atoms with van der Waals surface area (Å²) in [6, 6.07) is -0.157. The van der Waals surface area contributed by atoms with Crippen LogP contribution in [0.1, 0.15) is 20.3 Å². The Kier molecular flexibility index (Phi) is 3.99. The maximum Gasteiger partial charge on any atom is 0.353 e. The third-order valence-corrected chi connectivity index (χ3v) is 4.02. The smallest absolute Gasteiger partial charge is 0.353 e. The van der Waals surface area contributed by atoms with E-state index in [0.29, 0.717) is 16.9 Å². The van der Waals surface area contributed by atoms with Crippen molar-refractivity contribution in [1.29, 1.82) is 0 Å². The van der Waals surface area contributed by atoms with Crippen LogP contribution in [0, 0.1) is 0 Å². The number of nitrogens with one attached hydrogen (secondary N) is 1. The van der Waals surface area contributed by atoms with Gasteiger partial charge in [0, 0.05) is 30.0 Å².